The lowest BCUT2D eigenvalue weighted by Crippen LogP contribution is -2.11. The molecule has 0 atom stereocenters. The summed E-state index contributed by atoms with van der Waals surface area (Å²) in [5.74, 6) is -0.220. The van der Waals surface area contributed by atoms with Crippen LogP contribution >= 0.6 is 0 Å². The van der Waals surface area contributed by atoms with Crippen molar-refractivity contribution in [3.8, 4) is 5.75 Å². The molecule has 2 aromatic carbocycles. The lowest BCUT2D eigenvalue weighted by atomic mass is 10.1. The van der Waals surface area contributed by atoms with Crippen molar-refractivity contribution >= 4 is 21.9 Å². The van der Waals surface area contributed by atoms with Crippen LogP contribution in [0.2, 0.25) is 0 Å². The summed E-state index contributed by atoms with van der Waals surface area (Å²) < 4.78 is 63.6. The van der Waals surface area contributed by atoms with Crippen molar-refractivity contribution in [2.75, 3.05) is 0 Å². The number of aromatic nitrogens is 1. The SMILES string of the molecule is O=c1cc(C(F)(F)F)c2ccc(OCc3ccc(F)c4cccnc34)cc2o1. The maximum Gasteiger partial charge on any atom is 0.417 e. The Kier molecular flexibility index (Phi) is 4.26. The van der Waals surface area contributed by atoms with Gasteiger partial charge in [-0.15, -0.1) is 0 Å². The van der Waals surface area contributed by atoms with Crippen molar-refractivity contribution < 1.29 is 26.7 Å². The van der Waals surface area contributed by atoms with Crippen molar-refractivity contribution in [1.29, 1.82) is 0 Å². The first-order chi connectivity index (χ1) is 13.3. The number of pyridine rings is 1. The van der Waals surface area contributed by atoms with Crippen molar-refractivity contribution in [3.05, 3.63) is 82.1 Å². The van der Waals surface area contributed by atoms with Crippen LogP contribution in [-0.4, -0.2) is 4.98 Å². The molecule has 0 aliphatic rings. The van der Waals surface area contributed by atoms with E-state index in [2.05, 4.69) is 4.98 Å². The second-order valence-corrected chi connectivity index (χ2v) is 6.03. The fourth-order valence-electron chi connectivity index (χ4n) is 2.94. The highest BCUT2D eigenvalue weighted by atomic mass is 19.4. The highest BCUT2D eigenvalue weighted by Crippen LogP contribution is 2.35. The van der Waals surface area contributed by atoms with Gasteiger partial charge in [0.15, 0.2) is 0 Å². The van der Waals surface area contributed by atoms with Crippen LogP contribution in [-0.2, 0) is 12.8 Å². The van der Waals surface area contributed by atoms with Crippen molar-refractivity contribution in [2.45, 2.75) is 12.8 Å². The first kappa shape index (κ1) is 18.0. The van der Waals surface area contributed by atoms with Crippen LogP contribution in [0.25, 0.3) is 21.9 Å². The first-order valence-corrected chi connectivity index (χ1v) is 8.13. The second-order valence-electron chi connectivity index (χ2n) is 6.03. The minimum absolute atomic E-state index is 0.00247. The third-order valence-electron chi connectivity index (χ3n) is 4.22. The summed E-state index contributed by atoms with van der Waals surface area (Å²) in [6.07, 6.45) is -3.16. The Bertz CT molecular complexity index is 1250. The summed E-state index contributed by atoms with van der Waals surface area (Å²) in [6, 6.07) is 10.2. The van der Waals surface area contributed by atoms with Gasteiger partial charge in [0.05, 0.1) is 11.1 Å². The minimum atomic E-state index is -4.69. The maximum atomic E-state index is 13.9. The van der Waals surface area contributed by atoms with E-state index in [0.717, 1.165) is 0 Å². The number of halogens is 4. The Balaban J connectivity index is 1.68. The molecule has 0 N–H and O–H groups in total. The summed E-state index contributed by atoms with van der Waals surface area (Å²) in [6.45, 7) is 0.00247. The number of fused-ring (bicyclic) bond motifs is 2. The zero-order chi connectivity index (χ0) is 19.9. The monoisotopic (exact) mass is 389 g/mol. The van der Waals surface area contributed by atoms with E-state index in [9.17, 15) is 22.4 Å². The lowest BCUT2D eigenvalue weighted by Gasteiger charge is -2.11. The van der Waals surface area contributed by atoms with E-state index in [1.54, 1.807) is 12.1 Å². The van der Waals surface area contributed by atoms with Crippen molar-refractivity contribution in [1.82, 2.24) is 4.98 Å². The topological polar surface area (TPSA) is 52.3 Å². The molecule has 0 amide bonds. The Hall–Kier alpha value is -3.42. The van der Waals surface area contributed by atoms with E-state index in [1.165, 1.54) is 36.5 Å². The third-order valence-corrected chi connectivity index (χ3v) is 4.22. The van der Waals surface area contributed by atoms with Gasteiger partial charge in [-0.3, -0.25) is 4.98 Å². The minimum Gasteiger partial charge on any atom is -0.489 e. The molecule has 0 radical (unpaired) electrons. The smallest absolute Gasteiger partial charge is 0.417 e. The molecule has 4 nitrogen and oxygen atoms in total. The van der Waals surface area contributed by atoms with E-state index in [0.29, 0.717) is 22.5 Å². The number of hydrogen-bond acceptors (Lipinski definition) is 4. The maximum absolute atomic E-state index is 13.9. The van der Waals surface area contributed by atoms with Gasteiger partial charge in [0.25, 0.3) is 0 Å². The molecular weight excluding hydrogens is 378 g/mol. The van der Waals surface area contributed by atoms with E-state index in [-0.39, 0.29) is 23.3 Å². The summed E-state index contributed by atoms with van der Waals surface area (Å²) in [5, 5.41) is 0.0938. The van der Waals surface area contributed by atoms with Crippen LogP contribution in [0.15, 0.2) is 63.9 Å². The van der Waals surface area contributed by atoms with Crippen LogP contribution in [0, 0.1) is 5.82 Å². The third kappa shape index (κ3) is 3.28. The molecule has 0 spiro atoms. The van der Waals surface area contributed by atoms with Gasteiger partial charge in [-0.1, -0.05) is 6.07 Å². The average molecular weight is 389 g/mol. The highest BCUT2D eigenvalue weighted by molar-refractivity contribution is 5.83. The van der Waals surface area contributed by atoms with Crippen LogP contribution in [0.5, 0.6) is 5.75 Å². The Morgan fingerprint density at radius 2 is 1.86 bits per heavy atom. The number of nitrogens with zero attached hydrogens (tertiary/aromatic N) is 1. The number of benzene rings is 2. The number of hydrogen-bond donors (Lipinski definition) is 0. The average Bonchev–Trinajstić information content (AvgIpc) is 2.66. The van der Waals surface area contributed by atoms with Gasteiger partial charge in [0.2, 0.25) is 0 Å². The summed E-state index contributed by atoms with van der Waals surface area (Å²) in [4.78, 5) is 15.6. The molecule has 8 heteroatoms. The van der Waals surface area contributed by atoms with Crippen LogP contribution in [0.1, 0.15) is 11.1 Å². The Morgan fingerprint density at radius 3 is 2.64 bits per heavy atom. The molecule has 0 bridgehead atoms. The zero-order valence-electron chi connectivity index (χ0n) is 14.1. The summed E-state index contributed by atoms with van der Waals surface area (Å²) in [5.41, 5.74) is -1.39. The van der Waals surface area contributed by atoms with Gasteiger partial charge in [-0.2, -0.15) is 13.2 Å². The molecule has 4 rings (SSSR count). The summed E-state index contributed by atoms with van der Waals surface area (Å²) >= 11 is 0. The fraction of sp³-hybridized carbons (Fsp3) is 0.100. The van der Waals surface area contributed by atoms with Gasteiger partial charge >= 0.3 is 11.8 Å². The molecule has 4 aromatic rings. The second kappa shape index (κ2) is 6.63. The standard InChI is InChI=1S/C20H11F4NO3/c21-16-6-3-11(19-14(16)2-1-7-25-19)10-27-12-4-5-13-15(20(22,23)24)9-18(26)28-17(13)8-12/h1-9H,10H2. The van der Waals surface area contributed by atoms with Gasteiger partial charge in [-0.05, 0) is 30.3 Å². The van der Waals surface area contributed by atoms with E-state index in [1.807, 2.05) is 0 Å². The number of ether oxygens (including phenoxy) is 1. The normalized spacial score (nSPS) is 11.9. The first-order valence-electron chi connectivity index (χ1n) is 8.13. The molecule has 0 fully saturated rings. The Labute approximate surface area is 155 Å². The van der Waals surface area contributed by atoms with E-state index < -0.39 is 23.2 Å². The zero-order valence-corrected chi connectivity index (χ0v) is 14.1. The van der Waals surface area contributed by atoms with Crippen molar-refractivity contribution in [3.63, 3.8) is 0 Å². The van der Waals surface area contributed by atoms with Gasteiger partial charge in [0.1, 0.15) is 23.8 Å². The molecule has 0 aliphatic carbocycles. The molecule has 2 aromatic heterocycles. The Morgan fingerprint density at radius 1 is 1.04 bits per heavy atom. The molecule has 0 saturated carbocycles. The van der Waals surface area contributed by atoms with Crippen LogP contribution < -0.4 is 10.4 Å². The van der Waals surface area contributed by atoms with E-state index >= 15 is 0 Å². The molecule has 0 aliphatic heterocycles. The fourth-order valence-corrected chi connectivity index (χ4v) is 2.94. The molecule has 2 heterocycles. The predicted octanol–water partition coefficient (Wildman–Crippen LogP) is 5.08. The molecular formula is C20H11F4NO3. The summed E-state index contributed by atoms with van der Waals surface area (Å²) in [7, 11) is 0. The number of alkyl halides is 3. The number of rotatable bonds is 3. The molecule has 0 saturated heterocycles. The van der Waals surface area contributed by atoms with Crippen molar-refractivity contribution in [2.24, 2.45) is 0 Å². The van der Waals surface area contributed by atoms with E-state index in [4.69, 9.17) is 9.15 Å². The quantitative estimate of drug-likeness (QED) is 0.362. The molecule has 142 valence electrons. The van der Waals surface area contributed by atoms with Gasteiger partial charge in [0, 0.05) is 34.7 Å². The van der Waals surface area contributed by atoms with Crippen LogP contribution in [0.4, 0.5) is 17.6 Å². The van der Waals surface area contributed by atoms with Gasteiger partial charge < -0.3 is 9.15 Å². The lowest BCUT2D eigenvalue weighted by molar-refractivity contribution is -0.136. The van der Waals surface area contributed by atoms with Gasteiger partial charge in [-0.25, -0.2) is 9.18 Å². The predicted molar refractivity (Wildman–Crippen MR) is 93.5 cm³/mol. The molecule has 28 heavy (non-hydrogen) atoms. The van der Waals surface area contributed by atoms with Crippen LogP contribution in [0.3, 0.4) is 0 Å². The highest BCUT2D eigenvalue weighted by Gasteiger charge is 2.33. The molecule has 0 unspecified atom stereocenters. The largest absolute Gasteiger partial charge is 0.489 e.